The number of benzene rings is 2. The maximum Gasteiger partial charge on any atom is 0.166 e. The third-order valence-electron chi connectivity index (χ3n) is 8.18. The molecule has 0 bridgehead atoms. The van der Waals surface area contributed by atoms with Crippen LogP contribution in [0.4, 0.5) is 0 Å². The molecule has 1 aliphatic rings. The smallest absolute Gasteiger partial charge is 0.166 e. The van der Waals surface area contributed by atoms with Gasteiger partial charge in [-0.3, -0.25) is 15.0 Å². The number of rotatable bonds is 9. The fourth-order valence-corrected chi connectivity index (χ4v) is 7.61. The molecule has 8 nitrogen and oxygen atoms in total. The number of hydrazone groups is 1. The molecule has 0 saturated heterocycles. The fourth-order valence-electron chi connectivity index (χ4n) is 5.72. The lowest BCUT2D eigenvalue weighted by Crippen LogP contribution is -2.13. The SMILES string of the molecule is C=CCc1ccc(-c2cc(C3=NN(C)C(c4cccc(-c5ccccn5)n4)S3)cc(-c3nnc(-c4cccc(-c5ccccn5)n4)s3)c2)cc1. The number of aromatic nitrogens is 6. The van der Waals surface area contributed by atoms with Crippen molar-refractivity contribution in [3.8, 4) is 55.2 Å². The first-order valence-corrected chi connectivity index (χ1v) is 17.8. The molecule has 0 saturated carbocycles. The monoisotopic (exact) mass is 686 g/mol. The van der Waals surface area contributed by atoms with Gasteiger partial charge >= 0.3 is 0 Å². The summed E-state index contributed by atoms with van der Waals surface area (Å²) in [4.78, 5) is 18.8. The van der Waals surface area contributed by atoms with E-state index >= 15 is 0 Å². The van der Waals surface area contributed by atoms with Crippen LogP contribution in [-0.2, 0) is 6.42 Å². The zero-order valence-corrected chi connectivity index (χ0v) is 28.7. The summed E-state index contributed by atoms with van der Waals surface area (Å²) in [7, 11) is 1.99. The van der Waals surface area contributed by atoms with E-state index in [1.807, 2.05) is 90.9 Å². The highest BCUT2D eigenvalue weighted by Crippen LogP contribution is 2.42. The Morgan fingerprint density at radius 3 is 2.00 bits per heavy atom. The number of hydrogen-bond acceptors (Lipinski definition) is 10. The second-order valence-electron chi connectivity index (χ2n) is 11.6. The van der Waals surface area contributed by atoms with Crippen molar-refractivity contribution in [3.05, 3.63) is 157 Å². The van der Waals surface area contributed by atoms with E-state index in [1.54, 1.807) is 24.2 Å². The zero-order chi connectivity index (χ0) is 33.9. The Morgan fingerprint density at radius 2 is 1.28 bits per heavy atom. The van der Waals surface area contributed by atoms with Crippen molar-refractivity contribution in [1.82, 2.24) is 35.1 Å². The van der Waals surface area contributed by atoms with E-state index < -0.39 is 0 Å². The standard InChI is InChI=1S/C40H30N8S2/c1-3-10-26-17-19-27(20-18-26)28-23-29(37-45-46-39(49-37)35-15-8-13-33(43-35)31-11-4-6-21-41-31)25-30(24-28)38-47-48(2)40(50-38)36-16-9-14-34(44-36)32-12-5-7-22-42-32/h3-9,11-25,40H,1,10H2,2H3. The molecule has 0 radical (unpaired) electrons. The molecule has 2 aromatic carbocycles. The molecule has 50 heavy (non-hydrogen) atoms. The van der Waals surface area contributed by atoms with Crippen LogP contribution in [0.15, 0.2) is 145 Å². The summed E-state index contributed by atoms with van der Waals surface area (Å²) >= 11 is 3.20. The number of nitrogens with zero attached hydrogens (tertiary/aromatic N) is 8. The highest BCUT2D eigenvalue weighted by atomic mass is 32.2. The number of allylic oxidation sites excluding steroid dienone is 1. The van der Waals surface area contributed by atoms with Crippen LogP contribution in [0.5, 0.6) is 0 Å². The van der Waals surface area contributed by atoms with Gasteiger partial charge in [-0.05, 0) is 89.8 Å². The van der Waals surface area contributed by atoms with Gasteiger partial charge < -0.3 is 0 Å². The molecule has 0 N–H and O–H groups in total. The quantitative estimate of drug-likeness (QED) is 0.139. The van der Waals surface area contributed by atoms with Crippen molar-refractivity contribution >= 4 is 28.1 Å². The molecule has 5 aromatic heterocycles. The van der Waals surface area contributed by atoms with Crippen LogP contribution in [0.1, 0.15) is 22.2 Å². The average molecular weight is 687 g/mol. The minimum atomic E-state index is -0.0930. The highest BCUT2D eigenvalue weighted by Gasteiger charge is 2.29. The predicted molar refractivity (Wildman–Crippen MR) is 203 cm³/mol. The van der Waals surface area contributed by atoms with Crippen LogP contribution in [-0.4, -0.2) is 47.2 Å². The summed E-state index contributed by atoms with van der Waals surface area (Å²) in [6, 6.07) is 38.8. The summed E-state index contributed by atoms with van der Waals surface area (Å²) in [5, 5.41) is 18.6. The van der Waals surface area contributed by atoms with E-state index in [1.165, 1.54) is 16.9 Å². The Hall–Kier alpha value is -5.84. The maximum atomic E-state index is 5.02. The molecule has 1 aliphatic heterocycles. The molecule has 0 spiro atoms. The molecule has 7 aromatic rings. The van der Waals surface area contributed by atoms with Crippen LogP contribution < -0.4 is 0 Å². The second-order valence-corrected chi connectivity index (χ2v) is 13.7. The normalized spacial score (nSPS) is 14.1. The summed E-state index contributed by atoms with van der Waals surface area (Å²) < 4.78 is 0. The van der Waals surface area contributed by atoms with Crippen LogP contribution in [0, 0.1) is 0 Å². The largest absolute Gasteiger partial charge is 0.279 e. The molecule has 0 aliphatic carbocycles. The first kappa shape index (κ1) is 31.4. The lowest BCUT2D eigenvalue weighted by atomic mass is 9.98. The van der Waals surface area contributed by atoms with Crippen LogP contribution in [0.2, 0.25) is 0 Å². The Kier molecular flexibility index (Phi) is 8.77. The third-order valence-corrected chi connectivity index (χ3v) is 10.5. The number of thioether (sulfide) groups is 1. The van der Waals surface area contributed by atoms with Crippen molar-refractivity contribution in [2.75, 3.05) is 7.05 Å². The van der Waals surface area contributed by atoms with E-state index in [0.717, 1.165) is 77.9 Å². The molecule has 1 atom stereocenters. The predicted octanol–water partition coefficient (Wildman–Crippen LogP) is 9.22. The van der Waals surface area contributed by atoms with E-state index in [0.29, 0.717) is 0 Å². The number of hydrogen-bond donors (Lipinski definition) is 0. The second kappa shape index (κ2) is 13.9. The Bertz CT molecular complexity index is 2320. The zero-order valence-electron chi connectivity index (χ0n) is 27.1. The van der Waals surface area contributed by atoms with Crippen molar-refractivity contribution in [2.24, 2.45) is 5.10 Å². The summed E-state index contributed by atoms with van der Waals surface area (Å²) in [6.07, 6.45) is 6.30. The minimum Gasteiger partial charge on any atom is -0.279 e. The van der Waals surface area contributed by atoms with Gasteiger partial charge in [0.25, 0.3) is 0 Å². The lowest BCUT2D eigenvalue weighted by Gasteiger charge is -2.17. The van der Waals surface area contributed by atoms with Crippen molar-refractivity contribution in [1.29, 1.82) is 0 Å². The summed E-state index contributed by atoms with van der Waals surface area (Å²) in [5.41, 5.74) is 10.3. The van der Waals surface area contributed by atoms with E-state index in [9.17, 15) is 0 Å². The Balaban J connectivity index is 1.14. The van der Waals surface area contributed by atoms with Gasteiger partial charge in [-0.1, -0.05) is 77.7 Å². The molecule has 10 heteroatoms. The van der Waals surface area contributed by atoms with E-state index in [4.69, 9.17) is 15.1 Å². The van der Waals surface area contributed by atoms with Gasteiger partial charge in [0.05, 0.1) is 28.5 Å². The molecular formula is C40H30N8S2. The van der Waals surface area contributed by atoms with Gasteiger partial charge in [-0.15, -0.1) is 16.8 Å². The minimum absolute atomic E-state index is 0.0930. The van der Waals surface area contributed by atoms with Crippen LogP contribution in [0.25, 0.3) is 55.2 Å². The Morgan fingerprint density at radius 1 is 0.640 bits per heavy atom. The van der Waals surface area contributed by atoms with Gasteiger partial charge in [0.15, 0.2) is 5.01 Å². The fraction of sp³-hybridized carbons (Fsp3) is 0.0750. The molecule has 1 unspecified atom stereocenters. The molecule has 0 fully saturated rings. The third kappa shape index (κ3) is 6.58. The number of pyridine rings is 4. The van der Waals surface area contributed by atoms with Crippen molar-refractivity contribution in [2.45, 2.75) is 11.8 Å². The van der Waals surface area contributed by atoms with Crippen LogP contribution >= 0.6 is 23.1 Å². The van der Waals surface area contributed by atoms with Crippen molar-refractivity contribution in [3.63, 3.8) is 0 Å². The molecule has 6 heterocycles. The Labute approximate surface area is 298 Å². The first-order chi connectivity index (χ1) is 24.6. The summed E-state index contributed by atoms with van der Waals surface area (Å²) in [5.74, 6) is 0. The highest BCUT2D eigenvalue weighted by molar-refractivity contribution is 8.14. The van der Waals surface area contributed by atoms with Gasteiger partial charge in [0.2, 0.25) is 0 Å². The van der Waals surface area contributed by atoms with Gasteiger partial charge in [-0.25, -0.2) is 9.97 Å². The van der Waals surface area contributed by atoms with Gasteiger partial charge in [-0.2, -0.15) is 5.10 Å². The first-order valence-electron chi connectivity index (χ1n) is 16.1. The molecule has 8 rings (SSSR count). The lowest BCUT2D eigenvalue weighted by molar-refractivity contribution is 0.342. The van der Waals surface area contributed by atoms with Gasteiger partial charge in [0.1, 0.15) is 21.1 Å². The van der Waals surface area contributed by atoms with Crippen LogP contribution in [0.3, 0.4) is 0 Å². The molecular weight excluding hydrogens is 657 g/mol. The van der Waals surface area contributed by atoms with Crippen molar-refractivity contribution < 1.29 is 0 Å². The maximum absolute atomic E-state index is 5.02. The molecule has 242 valence electrons. The molecule has 0 amide bonds. The topological polar surface area (TPSA) is 92.9 Å². The van der Waals surface area contributed by atoms with E-state index in [2.05, 4.69) is 69.2 Å². The summed E-state index contributed by atoms with van der Waals surface area (Å²) in [6.45, 7) is 3.89. The van der Waals surface area contributed by atoms with Gasteiger partial charge in [0, 0.05) is 30.6 Å². The average Bonchev–Trinajstić information content (AvgIpc) is 3.84. The van der Waals surface area contributed by atoms with E-state index in [-0.39, 0.29) is 5.37 Å².